The van der Waals surface area contributed by atoms with Gasteiger partial charge in [-0.1, -0.05) is 0 Å². The van der Waals surface area contributed by atoms with Crippen LogP contribution in [0.25, 0.3) is 0 Å². The van der Waals surface area contributed by atoms with Crippen LogP contribution in [0.2, 0.25) is 0 Å². The van der Waals surface area contributed by atoms with Gasteiger partial charge in [0.15, 0.2) is 0 Å². The molecule has 4 nitrogen and oxygen atoms in total. The van der Waals surface area contributed by atoms with Crippen LogP contribution in [0.5, 0.6) is 0 Å². The molecule has 2 heterocycles. The lowest BCUT2D eigenvalue weighted by Crippen LogP contribution is -2.40. The summed E-state index contributed by atoms with van der Waals surface area (Å²) in [6.07, 6.45) is 1.24. The standard InChI is InChI=1S/C14H17N3OS/c15-4-1-2-12(8-16)9-17-5-6-18-14(10-17)13-3-7-19-11-13/h3,7,11-12,14H,1-2,5-6,9-10H2/t12-,14-/m1/s1. The lowest BCUT2D eigenvalue weighted by Gasteiger charge is -2.33. The number of ether oxygens (including phenoxy) is 1. The Kier molecular flexibility index (Phi) is 5.35. The van der Waals surface area contributed by atoms with E-state index in [0.717, 1.165) is 19.6 Å². The highest BCUT2D eigenvalue weighted by Crippen LogP contribution is 2.24. The summed E-state index contributed by atoms with van der Waals surface area (Å²) in [4.78, 5) is 2.27. The first kappa shape index (κ1) is 14.0. The summed E-state index contributed by atoms with van der Waals surface area (Å²) in [5.41, 5.74) is 1.22. The molecule has 1 aliphatic rings. The molecule has 1 aromatic rings. The number of morpholine rings is 1. The summed E-state index contributed by atoms with van der Waals surface area (Å²) < 4.78 is 5.78. The second-order valence-corrected chi connectivity index (χ2v) is 5.48. The van der Waals surface area contributed by atoms with Gasteiger partial charge in [0, 0.05) is 26.1 Å². The van der Waals surface area contributed by atoms with Crippen molar-refractivity contribution in [2.45, 2.75) is 18.9 Å². The molecule has 0 spiro atoms. The van der Waals surface area contributed by atoms with Crippen molar-refractivity contribution in [3.63, 3.8) is 0 Å². The van der Waals surface area contributed by atoms with Gasteiger partial charge < -0.3 is 4.74 Å². The normalized spacial score (nSPS) is 21.5. The quantitative estimate of drug-likeness (QED) is 0.828. The summed E-state index contributed by atoms with van der Waals surface area (Å²) in [6.45, 7) is 3.14. The van der Waals surface area contributed by atoms with E-state index in [9.17, 15) is 0 Å². The van der Waals surface area contributed by atoms with Crippen molar-refractivity contribution in [1.29, 1.82) is 10.5 Å². The van der Waals surface area contributed by atoms with Crippen molar-refractivity contribution in [3.8, 4) is 12.1 Å². The molecule has 1 saturated heterocycles. The third-order valence-electron chi connectivity index (χ3n) is 3.33. The van der Waals surface area contributed by atoms with E-state index < -0.39 is 0 Å². The van der Waals surface area contributed by atoms with Crippen LogP contribution in [0.15, 0.2) is 16.8 Å². The van der Waals surface area contributed by atoms with Gasteiger partial charge in [0.05, 0.1) is 30.8 Å². The first-order chi connectivity index (χ1) is 9.33. The van der Waals surface area contributed by atoms with E-state index in [4.69, 9.17) is 15.3 Å². The summed E-state index contributed by atoms with van der Waals surface area (Å²) in [7, 11) is 0. The van der Waals surface area contributed by atoms with Crippen molar-refractivity contribution < 1.29 is 4.74 Å². The minimum absolute atomic E-state index is 0.0547. The van der Waals surface area contributed by atoms with Crippen molar-refractivity contribution in [2.24, 2.45) is 5.92 Å². The summed E-state index contributed by atoms with van der Waals surface area (Å²) in [5, 5.41) is 21.9. The van der Waals surface area contributed by atoms with E-state index in [-0.39, 0.29) is 12.0 Å². The topological polar surface area (TPSA) is 60.0 Å². The van der Waals surface area contributed by atoms with E-state index in [1.807, 2.05) is 0 Å². The molecule has 100 valence electrons. The van der Waals surface area contributed by atoms with Crippen LogP contribution in [0.3, 0.4) is 0 Å². The average Bonchev–Trinajstić information content (AvgIpc) is 2.98. The predicted molar refractivity (Wildman–Crippen MR) is 73.4 cm³/mol. The molecule has 1 aromatic heterocycles. The third-order valence-corrected chi connectivity index (χ3v) is 4.03. The van der Waals surface area contributed by atoms with Gasteiger partial charge in [-0.3, -0.25) is 4.90 Å². The van der Waals surface area contributed by atoms with Crippen LogP contribution >= 0.6 is 11.3 Å². The lowest BCUT2D eigenvalue weighted by atomic mass is 10.0. The fourth-order valence-electron chi connectivity index (χ4n) is 2.28. The Hall–Kier alpha value is -1.40. The Bertz CT molecular complexity index is 460. The molecule has 19 heavy (non-hydrogen) atoms. The van der Waals surface area contributed by atoms with Gasteiger partial charge in [0.1, 0.15) is 0 Å². The monoisotopic (exact) mass is 275 g/mol. The van der Waals surface area contributed by atoms with Gasteiger partial charge in [-0.2, -0.15) is 21.9 Å². The van der Waals surface area contributed by atoms with E-state index in [2.05, 4.69) is 33.9 Å². The van der Waals surface area contributed by atoms with Crippen molar-refractivity contribution >= 4 is 11.3 Å². The Morgan fingerprint density at radius 3 is 3.11 bits per heavy atom. The highest BCUT2D eigenvalue weighted by Gasteiger charge is 2.24. The number of rotatable bonds is 5. The van der Waals surface area contributed by atoms with E-state index in [0.29, 0.717) is 19.4 Å². The molecule has 2 atom stereocenters. The highest BCUT2D eigenvalue weighted by molar-refractivity contribution is 7.07. The SMILES string of the molecule is N#CCC[C@H](C#N)CN1CCO[C@@H](c2ccsc2)C1. The minimum atomic E-state index is -0.0547. The Morgan fingerprint density at radius 2 is 2.42 bits per heavy atom. The molecule has 0 bridgehead atoms. The summed E-state index contributed by atoms with van der Waals surface area (Å²) in [5.74, 6) is -0.0547. The Balaban J connectivity index is 1.87. The van der Waals surface area contributed by atoms with Crippen molar-refractivity contribution in [2.75, 3.05) is 26.2 Å². The average molecular weight is 275 g/mol. The van der Waals surface area contributed by atoms with Gasteiger partial charge in [0.2, 0.25) is 0 Å². The zero-order valence-electron chi connectivity index (χ0n) is 10.8. The zero-order chi connectivity index (χ0) is 13.5. The molecular weight excluding hydrogens is 258 g/mol. The largest absolute Gasteiger partial charge is 0.371 e. The van der Waals surface area contributed by atoms with Crippen LogP contribution in [-0.4, -0.2) is 31.1 Å². The number of nitrogens with zero attached hydrogens (tertiary/aromatic N) is 3. The van der Waals surface area contributed by atoms with Gasteiger partial charge in [0.25, 0.3) is 0 Å². The van der Waals surface area contributed by atoms with E-state index >= 15 is 0 Å². The molecule has 0 radical (unpaired) electrons. The van der Waals surface area contributed by atoms with Crippen molar-refractivity contribution in [3.05, 3.63) is 22.4 Å². The molecule has 2 rings (SSSR count). The highest BCUT2D eigenvalue weighted by atomic mass is 32.1. The maximum absolute atomic E-state index is 9.12. The molecule has 0 aromatic carbocycles. The minimum Gasteiger partial charge on any atom is -0.371 e. The zero-order valence-corrected chi connectivity index (χ0v) is 11.6. The smallest absolute Gasteiger partial charge is 0.0960 e. The Labute approximate surface area is 117 Å². The van der Waals surface area contributed by atoms with E-state index in [1.54, 1.807) is 11.3 Å². The van der Waals surface area contributed by atoms with E-state index in [1.165, 1.54) is 5.56 Å². The second-order valence-electron chi connectivity index (χ2n) is 4.70. The number of thiophene rings is 1. The molecular formula is C14H17N3OS. The van der Waals surface area contributed by atoms with Crippen LogP contribution in [-0.2, 0) is 4.74 Å². The summed E-state index contributed by atoms with van der Waals surface area (Å²) >= 11 is 1.68. The van der Waals surface area contributed by atoms with Gasteiger partial charge in [-0.05, 0) is 28.8 Å². The van der Waals surface area contributed by atoms with Gasteiger partial charge in [-0.25, -0.2) is 0 Å². The molecule has 0 aliphatic carbocycles. The fraction of sp³-hybridized carbons (Fsp3) is 0.571. The maximum Gasteiger partial charge on any atom is 0.0960 e. The second kappa shape index (κ2) is 7.25. The third kappa shape index (κ3) is 4.04. The molecule has 1 fully saturated rings. The maximum atomic E-state index is 9.12. The molecule has 0 N–H and O–H groups in total. The molecule has 0 amide bonds. The van der Waals surface area contributed by atoms with Crippen LogP contribution in [0.1, 0.15) is 24.5 Å². The molecule has 0 unspecified atom stereocenters. The van der Waals surface area contributed by atoms with Crippen molar-refractivity contribution in [1.82, 2.24) is 4.90 Å². The van der Waals surface area contributed by atoms with Gasteiger partial charge >= 0.3 is 0 Å². The Morgan fingerprint density at radius 1 is 1.53 bits per heavy atom. The number of hydrogen-bond donors (Lipinski definition) is 0. The molecule has 0 saturated carbocycles. The van der Waals surface area contributed by atoms with Crippen LogP contribution in [0, 0.1) is 28.6 Å². The van der Waals surface area contributed by atoms with Gasteiger partial charge in [-0.15, -0.1) is 0 Å². The van der Waals surface area contributed by atoms with Crippen LogP contribution in [0.4, 0.5) is 0 Å². The number of nitriles is 2. The molecule has 5 heteroatoms. The summed E-state index contributed by atoms with van der Waals surface area (Å²) in [6, 6.07) is 6.50. The molecule has 1 aliphatic heterocycles. The first-order valence-electron chi connectivity index (χ1n) is 6.46. The number of hydrogen-bond acceptors (Lipinski definition) is 5. The van der Waals surface area contributed by atoms with Crippen LogP contribution < -0.4 is 0 Å². The predicted octanol–water partition coefficient (Wildman–Crippen LogP) is 2.56. The first-order valence-corrected chi connectivity index (χ1v) is 7.40. The lowest BCUT2D eigenvalue weighted by molar-refractivity contribution is -0.0326. The fourth-order valence-corrected chi connectivity index (χ4v) is 2.98.